The molecule has 2 rings (SSSR count). The summed E-state index contributed by atoms with van der Waals surface area (Å²) in [5.41, 5.74) is 1.94. The highest BCUT2D eigenvalue weighted by molar-refractivity contribution is 9.15. The van der Waals surface area contributed by atoms with Crippen LogP contribution in [0.2, 0.25) is 5.02 Å². The third-order valence-corrected chi connectivity index (χ3v) is 3.35. The van der Waals surface area contributed by atoms with Crippen molar-refractivity contribution in [2.75, 3.05) is 0 Å². The van der Waals surface area contributed by atoms with Crippen LogP contribution in [0.3, 0.4) is 0 Å². The molecule has 2 aromatic carbocycles. The zero-order chi connectivity index (χ0) is 12.8. The number of hydrogen-bond donors (Lipinski definition) is 0. The Balaban J connectivity index is 2.20. The molecule has 2 heteroatoms. The highest BCUT2D eigenvalue weighted by atomic mass is 79.9. The van der Waals surface area contributed by atoms with Crippen molar-refractivity contribution < 1.29 is 0 Å². The number of rotatable bonds is 1. The molecule has 0 radical (unpaired) electrons. The van der Waals surface area contributed by atoms with Crippen LogP contribution in [-0.2, 0) is 0 Å². The van der Waals surface area contributed by atoms with Crippen LogP contribution < -0.4 is 0 Å². The normalized spacial score (nSPS) is 10.7. The topological polar surface area (TPSA) is 0 Å². The summed E-state index contributed by atoms with van der Waals surface area (Å²) < 4.78 is 0.961. The fraction of sp³-hybridized carbons (Fsp3) is 0. The zero-order valence-corrected chi connectivity index (χ0v) is 11.9. The van der Waals surface area contributed by atoms with Gasteiger partial charge in [0.05, 0.1) is 5.02 Å². The van der Waals surface area contributed by atoms with Gasteiger partial charge in [0.2, 0.25) is 0 Å². The van der Waals surface area contributed by atoms with Gasteiger partial charge in [0.25, 0.3) is 0 Å². The lowest BCUT2D eigenvalue weighted by Gasteiger charge is -1.95. The monoisotopic (exact) mass is 316 g/mol. The average Bonchev–Trinajstić information content (AvgIpc) is 2.42. The van der Waals surface area contributed by atoms with Gasteiger partial charge in [-0.3, -0.25) is 0 Å². The van der Waals surface area contributed by atoms with E-state index < -0.39 is 0 Å². The van der Waals surface area contributed by atoms with E-state index in [0.29, 0.717) is 5.02 Å². The van der Waals surface area contributed by atoms with Crippen LogP contribution in [0, 0.1) is 11.8 Å². The average molecular weight is 318 g/mol. The van der Waals surface area contributed by atoms with Gasteiger partial charge in [0.15, 0.2) is 0 Å². The third-order valence-electron chi connectivity index (χ3n) is 2.33. The molecule has 0 unspecified atom stereocenters. The molecule has 0 bridgehead atoms. The molecule has 0 aliphatic rings. The molecule has 0 spiro atoms. The van der Waals surface area contributed by atoms with Crippen molar-refractivity contribution in [3.8, 4) is 11.8 Å². The zero-order valence-electron chi connectivity index (χ0n) is 9.53. The van der Waals surface area contributed by atoms with Gasteiger partial charge in [-0.05, 0) is 33.6 Å². The summed E-state index contributed by atoms with van der Waals surface area (Å²) in [5, 5.41) is 0.675. The summed E-state index contributed by atoms with van der Waals surface area (Å²) in [6.45, 7) is 0. The Morgan fingerprint density at radius 2 is 1.67 bits per heavy atom. The Kier molecular flexibility index (Phi) is 4.64. The summed E-state index contributed by atoms with van der Waals surface area (Å²) in [6.07, 6.45) is 1.83. The van der Waals surface area contributed by atoms with Gasteiger partial charge in [0, 0.05) is 16.1 Å². The van der Waals surface area contributed by atoms with Crippen LogP contribution >= 0.6 is 27.5 Å². The highest BCUT2D eigenvalue weighted by Crippen LogP contribution is 2.20. The van der Waals surface area contributed by atoms with Gasteiger partial charge >= 0.3 is 0 Å². The van der Waals surface area contributed by atoms with Gasteiger partial charge in [0.1, 0.15) is 0 Å². The van der Waals surface area contributed by atoms with Crippen molar-refractivity contribution in [1.82, 2.24) is 0 Å². The van der Waals surface area contributed by atoms with Gasteiger partial charge in [-0.15, -0.1) is 0 Å². The predicted octanol–water partition coefficient (Wildman–Crippen LogP) is 5.13. The third kappa shape index (κ3) is 3.50. The van der Waals surface area contributed by atoms with Crippen molar-refractivity contribution in [2.24, 2.45) is 0 Å². The van der Waals surface area contributed by atoms with E-state index in [1.165, 1.54) is 0 Å². The van der Waals surface area contributed by atoms with Gasteiger partial charge in [-0.1, -0.05) is 65.9 Å². The molecular formula is C16H10BrCl. The van der Waals surface area contributed by atoms with E-state index >= 15 is 0 Å². The molecule has 0 saturated heterocycles. The fourth-order valence-corrected chi connectivity index (χ4v) is 1.98. The van der Waals surface area contributed by atoms with Crippen molar-refractivity contribution in [3.05, 3.63) is 76.8 Å². The minimum absolute atomic E-state index is 0.675. The fourth-order valence-electron chi connectivity index (χ4n) is 1.42. The van der Waals surface area contributed by atoms with Crippen LogP contribution in [0.25, 0.3) is 4.48 Å². The molecule has 0 fully saturated rings. The maximum atomic E-state index is 6.02. The van der Waals surface area contributed by atoms with Gasteiger partial charge in [-0.25, -0.2) is 0 Å². The van der Waals surface area contributed by atoms with E-state index in [9.17, 15) is 0 Å². The van der Waals surface area contributed by atoms with Crippen LogP contribution in [0.5, 0.6) is 0 Å². The SMILES string of the molecule is Clc1ccccc1C#C/C=C(\Br)c1ccccc1. The number of hydrogen-bond acceptors (Lipinski definition) is 0. The lowest BCUT2D eigenvalue weighted by Crippen LogP contribution is -1.75. The highest BCUT2D eigenvalue weighted by Gasteiger charge is 1.94. The summed E-state index contributed by atoms with van der Waals surface area (Å²) in [5.74, 6) is 6.02. The summed E-state index contributed by atoms with van der Waals surface area (Å²) in [6, 6.07) is 17.6. The Hall–Kier alpha value is -1.49. The van der Waals surface area contributed by atoms with Crippen LogP contribution in [-0.4, -0.2) is 0 Å². The largest absolute Gasteiger partial charge is 0.0830 e. The molecule has 2 aromatic rings. The Labute approximate surface area is 120 Å². The first-order chi connectivity index (χ1) is 8.77. The van der Waals surface area contributed by atoms with Crippen molar-refractivity contribution in [2.45, 2.75) is 0 Å². The molecule has 18 heavy (non-hydrogen) atoms. The van der Waals surface area contributed by atoms with E-state index in [2.05, 4.69) is 27.8 Å². The van der Waals surface area contributed by atoms with E-state index in [1.807, 2.05) is 60.7 Å². The maximum Gasteiger partial charge on any atom is 0.0562 e. The molecule has 0 N–H and O–H groups in total. The molecule has 0 aliphatic heterocycles. The van der Waals surface area contributed by atoms with E-state index in [1.54, 1.807) is 0 Å². The molecule has 0 amide bonds. The van der Waals surface area contributed by atoms with E-state index in [4.69, 9.17) is 11.6 Å². The van der Waals surface area contributed by atoms with Crippen LogP contribution in [0.1, 0.15) is 11.1 Å². The van der Waals surface area contributed by atoms with Gasteiger partial charge < -0.3 is 0 Å². The second-order valence-electron chi connectivity index (χ2n) is 3.61. The first kappa shape index (κ1) is 13.0. The lowest BCUT2D eigenvalue weighted by atomic mass is 10.2. The Bertz CT molecular complexity index is 618. The molecular weight excluding hydrogens is 308 g/mol. The van der Waals surface area contributed by atoms with Crippen molar-refractivity contribution >= 4 is 32.0 Å². The summed E-state index contributed by atoms with van der Waals surface area (Å²) >= 11 is 9.53. The molecule has 0 heterocycles. The smallest absolute Gasteiger partial charge is 0.0562 e. The van der Waals surface area contributed by atoms with E-state index in [0.717, 1.165) is 15.6 Å². The second-order valence-corrected chi connectivity index (χ2v) is 4.87. The number of halogens is 2. The first-order valence-electron chi connectivity index (χ1n) is 5.44. The van der Waals surface area contributed by atoms with Crippen molar-refractivity contribution in [1.29, 1.82) is 0 Å². The standard InChI is InChI=1S/C16H10BrCl/c17-15(13-7-2-1-3-8-13)11-6-10-14-9-4-5-12-16(14)18/h1-5,7-9,11-12H/b15-11-. The Morgan fingerprint density at radius 3 is 2.39 bits per heavy atom. The molecule has 0 saturated carbocycles. The van der Waals surface area contributed by atoms with Crippen LogP contribution in [0.15, 0.2) is 60.7 Å². The minimum atomic E-state index is 0.675. The predicted molar refractivity (Wildman–Crippen MR) is 81.7 cm³/mol. The Morgan fingerprint density at radius 1 is 1.00 bits per heavy atom. The maximum absolute atomic E-state index is 6.02. The number of benzene rings is 2. The van der Waals surface area contributed by atoms with Crippen LogP contribution in [0.4, 0.5) is 0 Å². The molecule has 0 aromatic heterocycles. The summed E-state index contributed by atoms with van der Waals surface area (Å²) in [7, 11) is 0. The first-order valence-corrected chi connectivity index (χ1v) is 6.61. The number of allylic oxidation sites excluding steroid dienone is 1. The van der Waals surface area contributed by atoms with Gasteiger partial charge in [-0.2, -0.15) is 0 Å². The molecule has 88 valence electrons. The quantitative estimate of drug-likeness (QED) is 0.640. The van der Waals surface area contributed by atoms with Crippen molar-refractivity contribution in [3.63, 3.8) is 0 Å². The molecule has 0 nitrogen and oxygen atoms in total. The molecule has 0 atom stereocenters. The minimum Gasteiger partial charge on any atom is -0.0830 e. The molecule has 0 aliphatic carbocycles. The summed E-state index contributed by atoms with van der Waals surface area (Å²) in [4.78, 5) is 0. The second kappa shape index (κ2) is 6.44. The van der Waals surface area contributed by atoms with E-state index in [-0.39, 0.29) is 0 Å². The lowest BCUT2D eigenvalue weighted by molar-refractivity contribution is 1.64.